The molecule has 22 heavy (non-hydrogen) atoms. The summed E-state index contributed by atoms with van der Waals surface area (Å²) in [6, 6.07) is 6.49. The smallest absolute Gasteiger partial charge is 0.243 e. The van der Waals surface area contributed by atoms with Gasteiger partial charge >= 0.3 is 0 Å². The molecule has 1 aliphatic heterocycles. The van der Waals surface area contributed by atoms with Crippen molar-refractivity contribution in [3.63, 3.8) is 0 Å². The van der Waals surface area contributed by atoms with Crippen molar-refractivity contribution < 1.29 is 13.2 Å². The van der Waals surface area contributed by atoms with E-state index in [1.165, 1.54) is 15.3 Å². The van der Waals surface area contributed by atoms with Crippen LogP contribution in [0.4, 0.5) is 0 Å². The molecule has 0 unspecified atom stereocenters. The standard InChI is InChI=1S/C13H17N5O3S/c1-10-7-17(8-11(2)21-10)22(19,20)13-5-3-12(4-6-13)18-9-14-15-16-18/h3-6,9-11H,7-8H2,1-2H3/t10-,11-/m1/s1. The zero-order chi connectivity index (χ0) is 15.7. The fourth-order valence-corrected chi connectivity index (χ4v) is 4.12. The molecule has 0 radical (unpaired) electrons. The number of sulfonamides is 1. The number of benzene rings is 1. The van der Waals surface area contributed by atoms with E-state index in [9.17, 15) is 8.42 Å². The van der Waals surface area contributed by atoms with Gasteiger partial charge in [-0.1, -0.05) is 0 Å². The second-order valence-corrected chi connectivity index (χ2v) is 7.27. The lowest BCUT2D eigenvalue weighted by Crippen LogP contribution is -2.48. The van der Waals surface area contributed by atoms with Gasteiger partial charge in [0.15, 0.2) is 0 Å². The third-order valence-corrected chi connectivity index (χ3v) is 5.32. The van der Waals surface area contributed by atoms with E-state index in [2.05, 4.69) is 15.5 Å². The van der Waals surface area contributed by atoms with Crippen LogP contribution in [-0.4, -0.2) is 58.2 Å². The highest BCUT2D eigenvalue weighted by Crippen LogP contribution is 2.21. The lowest BCUT2D eigenvalue weighted by atomic mass is 10.3. The van der Waals surface area contributed by atoms with Gasteiger partial charge in [0.2, 0.25) is 10.0 Å². The minimum absolute atomic E-state index is 0.112. The highest BCUT2D eigenvalue weighted by atomic mass is 32.2. The van der Waals surface area contributed by atoms with Crippen molar-refractivity contribution in [3.8, 4) is 5.69 Å². The largest absolute Gasteiger partial charge is 0.373 e. The molecular formula is C13H17N5O3S. The first-order valence-corrected chi connectivity index (χ1v) is 8.40. The van der Waals surface area contributed by atoms with E-state index in [4.69, 9.17) is 4.74 Å². The molecule has 0 bridgehead atoms. The Morgan fingerprint density at radius 1 is 1.14 bits per heavy atom. The molecule has 0 aliphatic carbocycles. The Hall–Kier alpha value is -1.84. The third-order valence-electron chi connectivity index (χ3n) is 3.47. The zero-order valence-corrected chi connectivity index (χ0v) is 13.1. The minimum Gasteiger partial charge on any atom is -0.373 e. The van der Waals surface area contributed by atoms with Gasteiger partial charge in [-0.15, -0.1) is 5.10 Å². The van der Waals surface area contributed by atoms with Gasteiger partial charge in [-0.05, 0) is 48.5 Å². The van der Waals surface area contributed by atoms with Crippen LogP contribution in [0.25, 0.3) is 5.69 Å². The lowest BCUT2D eigenvalue weighted by molar-refractivity contribution is -0.0440. The fourth-order valence-electron chi connectivity index (χ4n) is 2.53. The average molecular weight is 323 g/mol. The summed E-state index contributed by atoms with van der Waals surface area (Å²) in [7, 11) is -3.52. The summed E-state index contributed by atoms with van der Waals surface area (Å²) in [6.45, 7) is 4.47. The fraction of sp³-hybridized carbons (Fsp3) is 0.462. The number of ether oxygens (including phenoxy) is 1. The second kappa shape index (κ2) is 5.75. The summed E-state index contributed by atoms with van der Waals surface area (Å²) >= 11 is 0. The topological polar surface area (TPSA) is 90.2 Å². The Morgan fingerprint density at radius 2 is 1.77 bits per heavy atom. The van der Waals surface area contributed by atoms with Crippen LogP contribution in [0.2, 0.25) is 0 Å². The average Bonchev–Trinajstić information content (AvgIpc) is 3.00. The van der Waals surface area contributed by atoms with E-state index in [1.54, 1.807) is 24.3 Å². The highest BCUT2D eigenvalue weighted by molar-refractivity contribution is 7.89. The maximum Gasteiger partial charge on any atom is 0.243 e. The monoisotopic (exact) mass is 323 g/mol. The molecule has 2 atom stereocenters. The van der Waals surface area contributed by atoms with Crippen molar-refractivity contribution >= 4 is 10.0 Å². The van der Waals surface area contributed by atoms with Gasteiger partial charge in [-0.3, -0.25) is 0 Å². The number of aromatic nitrogens is 4. The highest BCUT2D eigenvalue weighted by Gasteiger charge is 2.32. The SMILES string of the molecule is C[C@@H]1CN(S(=O)(=O)c2ccc(-n3cnnn3)cc2)C[C@@H](C)O1. The Balaban J connectivity index is 1.86. The summed E-state index contributed by atoms with van der Waals surface area (Å²) < 4.78 is 33.9. The number of tetrazole rings is 1. The lowest BCUT2D eigenvalue weighted by Gasteiger charge is -2.34. The number of rotatable bonds is 3. The van der Waals surface area contributed by atoms with Crippen LogP contribution in [-0.2, 0) is 14.8 Å². The molecule has 1 fully saturated rings. The maximum absolute atomic E-state index is 12.7. The normalized spacial score (nSPS) is 23.5. The molecule has 1 aromatic carbocycles. The van der Waals surface area contributed by atoms with E-state index in [0.717, 1.165) is 0 Å². The Morgan fingerprint density at radius 3 is 2.32 bits per heavy atom. The van der Waals surface area contributed by atoms with Crippen molar-refractivity contribution in [2.75, 3.05) is 13.1 Å². The van der Waals surface area contributed by atoms with Gasteiger partial charge in [0.1, 0.15) is 6.33 Å². The van der Waals surface area contributed by atoms with Crippen LogP contribution in [0.15, 0.2) is 35.5 Å². The summed E-state index contributed by atoms with van der Waals surface area (Å²) in [6.07, 6.45) is 1.23. The number of morpholine rings is 1. The molecule has 1 aromatic heterocycles. The molecule has 9 heteroatoms. The summed E-state index contributed by atoms with van der Waals surface area (Å²) in [5, 5.41) is 10.9. The van der Waals surface area contributed by atoms with Gasteiger partial charge in [-0.2, -0.15) is 4.31 Å². The van der Waals surface area contributed by atoms with Crippen molar-refractivity contribution in [1.29, 1.82) is 0 Å². The molecule has 2 heterocycles. The molecule has 0 spiro atoms. The molecule has 1 aliphatic rings. The molecule has 0 N–H and O–H groups in total. The summed E-state index contributed by atoms with van der Waals surface area (Å²) in [5.74, 6) is 0. The van der Waals surface area contributed by atoms with E-state index >= 15 is 0 Å². The van der Waals surface area contributed by atoms with Gasteiger partial charge in [0.05, 0.1) is 22.8 Å². The minimum atomic E-state index is -3.52. The Bertz CT molecular complexity index is 720. The zero-order valence-electron chi connectivity index (χ0n) is 12.3. The Labute approximate surface area is 128 Å². The molecule has 2 aromatic rings. The van der Waals surface area contributed by atoms with Crippen molar-refractivity contribution in [1.82, 2.24) is 24.5 Å². The van der Waals surface area contributed by atoms with Crippen molar-refractivity contribution in [3.05, 3.63) is 30.6 Å². The van der Waals surface area contributed by atoms with Crippen LogP contribution >= 0.6 is 0 Å². The van der Waals surface area contributed by atoms with E-state index in [1.807, 2.05) is 13.8 Å². The molecule has 1 saturated heterocycles. The van der Waals surface area contributed by atoms with Gasteiger partial charge < -0.3 is 4.74 Å². The van der Waals surface area contributed by atoms with E-state index in [-0.39, 0.29) is 17.1 Å². The quantitative estimate of drug-likeness (QED) is 0.815. The van der Waals surface area contributed by atoms with Crippen molar-refractivity contribution in [2.24, 2.45) is 0 Å². The van der Waals surface area contributed by atoms with Crippen LogP contribution in [0.3, 0.4) is 0 Å². The van der Waals surface area contributed by atoms with Gasteiger partial charge in [-0.25, -0.2) is 13.1 Å². The van der Waals surface area contributed by atoms with Crippen LogP contribution in [0.5, 0.6) is 0 Å². The first-order chi connectivity index (χ1) is 10.5. The molecule has 0 amide bonds. The van der Waals surface area contributed by atoms with E-state index < -0.39 is 10.0 Å². The van der Waals surface area contributed by atoms with Gasteiger partial charge in [0.25, 0.3) is 0 Å². The number of nitrogens with zero attached hydrogens (tertiary/aromatic N) is 5. The summed E-state index contributed by atoms with van der Waals surface area (Å²) in [5.41, 5.74) is 0.702. The van der Waals surface area contributed by atoms with E-state index in [0.29, 0.717) is 18.8 Å². The molecule has 8 nitrogen and oxygen atoms in total. The second-order valence-electron chi connectivity index (χ2n) is 5.33. The van der Waals surface area contributed by atoms with Crippen molar-refractivity contribution in [2.45, 2.75) is 31.0 Å². The molecule has 0 saturated carbocycles. The molecular weight excluding hydrogens is 306 g/mol. The summed E-state index contributed by atoms with van der Waals surface area (Å²) in [4.78, 5) is 0.255. The first-order valence-electron chi connectivity index (χ1n) is 6.96. The van der Waals surface area contributed by atoms with Crippen LogP contribution in [0.1, 0.15) is 13.8 Å². The predicted molar refractivity (Wildman–Crippen MR) is 77.9 cm³/mol. The molecule has 118 valence electrons. The van der Waals surface area contributed by atoms with Crippen LogP contribution < -0.4 is 0 Å². The maximum atomic E-state index is 12.7. The van der Waals surface area contributed by atoms with Gasteiger partial charge in [0, 0.05) is 13.1 Å². The third kappa shape index (κ3) is 2.87. The molecule has 3 rings (SSSR count). The van der Waals surface area contributed by atoms with Crippen LogP contribution in [0, 0.1) is 0 Å². The predicted octanol–water partition coefficient (Wildman–Crippen LogP) is 0.460. The number of hydrogen-bond acceptors (Lipinski definition) is 6. The first kappa shape index (κ1) is 15.1. The Kier molecular flexibility index (Phi) is 3.94. The number of hydrogen-bond donors (Lipinski definition) is 0.